The fourth-order valence-corrected chi connectivity index (χ4v) is 12.0. The summed E-state index contributed by atoms with van der Waals surface area (Å²) in [6.07, 6.45) is 70.6. The molecule has 1 rings (SSSR count). The number of nitrogens with one attached hydrogen (secondary N) is 1. The summed E-state index contributed by atoms with van der Waals surface area (Å²) in [5.74, 6) is -0.169. The molecule has 11 nitrogen and oxygen atoms in total. The van der Waals surface area contributed by atoms with E-state index in [-0.39, 0.29) is 18.5 Å². The molecule has 7 atom stereocenters. The Kier molecular flexibility index (Phi) is 60.8. The van der Waals surface area contributed by atoms with Crippen LogP contribution < -0.4 is 5.32 Å². The number of allylic oxidation sites excluding steroid dienone is 3. The molecule has 6 N–H and O–H groups in total. The van der Waals surface area contributed by atoms with Gasteiger partial charge in [-0.25, -0.2) is 0 Å². The van der Waals surface area contributed by atoms with E-state index >= 15 is 0 Å². The first-order valence-electron chi connectivity index (χ1n) is 37.1. The van der Waals surface area contributed by atoms with Crippen molar-refractivity contribution in [2.75, 3.05) is 19.8 Å². The van der Waals surface area contributed by atoms with E-state index in [0.717, 1.165) is 57.8 Å². The fraction of sp³-hybridized carbons (Fsp3) is 0.919. The highest BCUT2D eigenvalue weighted by molar-refractivity contribution is 5.76. The van der Waals surface area contributed by atoms with Gasteiger partial charge in [0.2, 0.25) is 5.91 Å². The molecule has 1 saturated heterocycles. The van der Waals surface area contributed by atoms with Crippen molar-refractivity contribution in [3.05, 3.63) is 24.3 Å². The summed E-state index contributed by atoms with van der Waals surface area (Å²) in [6, 6.07) is -0.805. The topological polar surface area (TPSA) is 175 Å². The molecular formula is C74H141NO10. The van der Waals surface area contributed by atoms with Gasteiger partial charge in [0.15, 0.2) is 6.29 Å². The first-order chi connectivity index (χ1) is 41.7. The van der Waals surface area contributed by atoms with Crippen molar-refractivity contribution in [3.8, 4) is 0 Å². The number of carbonyl (C=O) groups excluding carboxylic acids is 2. The number of ether oxygens (including phenoxy) is 3. The standard InChI is InChI=1S/C74H141NO10/c1-3-5-7-9-11-13-14-15-16-17-33-36-39-42-46-50-54-58-62-70(79)83-63-59-55-51-47-43-40-37-34-31-29-27-25-23-21-19-18-20-22-24-26-28-30-32-35-38-41-45-49-53-57-61-69(78)75-66(67(77)60-56-52-48-44-12-10-8-6-4-2)65-84-74-73(82)72(81)71(80)68(64-76)85-74/h16-17,56,60,66-68,71-74,76-77,80-82H,3-15,18-55,57-59,61-65H2,1-2H3,(H,75,78)/b17-16-,60-56+. The Bertz CT molecular complexity index is 1460. The maximum Gasteiger partial charge on any atom is 0.305 e. The second kappa shape index (κ2) is 63.7. The molecule has 1 amide bonds. The summed E-state index contributed by atoms with van der Waals surface area (Å²) >= 11 is 0. The quantitative estimate of drug-likeness (QED) is 0.0195. The van der Waals surface area contributed by atoms with Gasteiger partial charge in [-0.1, -0.05) is 327 Å². The zero-order valence-corrected chi connectivity index (χ0v) is 55.8. The number of amides is 1. The predicted octanol–water partition coefficient (Wildman–Crippen LogP) is 19.2. The Hall–Kier alpha value is -1.86. The van der Waals surface area contributed by atoms with Crippen LogP contribution in [-0.2, 0) is 23.8 Å². The highest BCUT2D eigenvalue weighted by Crippen LogP contribution is 2.24. The van der Waals surface area contributed by atoms with Crippen molar-refractivity contribution >= 4 is 11.9 Å². The number of carbonyl (C=O) groups is 2. The SMILES string of the molecule is CCCCCCCCC/C=C\CCCCCCCCCC(=O)OCCCCCCCCCCCCCCCCCCCCCCCCCCCCCCCCC(=O)NC(COC1OC(CO)C(O)C(O)C1O)C(O)/C=C/CCCCCCCCC. The molecule has 0 aromatic carbocycles. The average molecular weight is 1200 g/mol. The maximum absolute atomic E-state index is 13.0. The van der Waals surface area contributed by atoms with E-state index < -0.39 is 49.5 Å². The largest absolute Gasteiger partial charge is 0.466 e. The van der Waals surface area contributed by atoms with Gasteiger partial charge in [0.25, 0.3) is 0 Å². The number of rotatable bonds is 66. The van der Waals surface area contributed by atoms with Crippen molar-refractivity contribution in [2.24, 2.45) is 0 Å². The van der Waals surface area contributed by atoms with Crippen LogP contribution in [-0.4, -0.2) is 100 Å². The van der Waals surface area contributed by atoms with Crippen molar-refractivity contribution in [3.63, 3.8) is 0 Å². The van der Waals surface area contributed by atoms with E-state index in [0.29, 0.717) is 19.4 Å². The Morgan fingerprint density at radius 2 is 0.753 bits per heavy atom. The van der Waals surface area contributed by atoms with Crippen molar-refractivity contribution in [2.45, 2.75) is 416 Å². The van der Waals surface area contributed by atoms with Crippen LogP contribution in [0.5, 0.6) is 0 Å². The average Bonchev–Trinajstić information content (AvgIpc) is 3.48. The maximum atomic E-state index is 13.0. The van der Waals surface area contributed by atoms with E-state index in [2.05, 4.69) is 31.3 Å². The van der Waals surface area contributed by atoms with Gasteiger partial charge in [-0.3, -0.25) is 9.59 Å². The Morgan fingerprint density at radius 1 is 0.424 bits per heavy atom. The van der Waals surface area contributed by atoms with Gasteiger partial charge in [0.1, 0.15) is 24.4 Å². The molecule has 0 spiro atoms. The van der Waals surface area contributed by atoms with Crippen LogP contribution in [0.4, 0.5) is 0 Å². The molecule has 1 heterocycles. The predicted molar refractivity (Wildman–Crippen MR) is 357 cm³/mol. The number of aliphatic hydroxyl groups is 5. The van der Waals surface area contributed by atoms with Crippen LogP contribution in [0.2, 0.25) is 0 Å². The van der Waals surface area contributed by atoms with E-state index in [1.54, 1.807) is 6.08 Å². The van der Waals surface area contributed by atoms with Crippen LogP contribution >= 0.6 is 0 Å². The van der Waals surface area contributed by atoms with E-state index in [9.17, 15) is 35.1 Å². The third kappa shape index (κ3) is 52.6. The molecule has 0 bridgehead atoms. The lowest BCUT2D eigenvalue weighted by Crippen LogP contribution is -2.60. The third-order valence-corrected chi connectivity index (χ3v) is 17.8. The molecule has 0 aromatic rings. The molecule has 7 unspecified atom stereocenters. The van der Waals surface area contributed by atoms with Crippen molar-refractivity contribution in [1.29, 1.82) is 0 Å². The lowest BCUT2D eigenvalue weighted by molar-refractivity contribution is -0.302. The van der Waals surface area contributed by atoms with Crippen LogP contribution in [0.3, 0.4) is 0 Å². The summed E-state index contributed by atoms with van der Waals surface area (Å²) in [5.41, 5.74) is 0. The second-order valence-corrected chi connectivity index (χ2v) is 26.0. The normalized spacial score (nSPS) is 18.0. The van der Waals surface area contributed by atoms with Gasteiger partial charge in [0, 0.05) is 12.8 Å². The number of hydrogen-bond acceptors (Lipinski definition) is 10. The number of unbranched alkanes of at least 4 members (excludes halogenated alkanes) is 50. The van der Waals surface area contributed by atoms with E-state index in [4.69, 9.17) is 14.2 Å². The van der Waals surface area contributed by atoms with Crippen LogP contribution in [0, 0.1) is 0 Å². The molecule has 85 heavy (non-hydrogen) atoms. The van der Waals surface area contributed by atoms with Gasteiger partial charge >= 0.3 is 5.97 Å². The first-order valence-corrected chi connectivity index (χ1v) is 37.1. The highest BCUT2D eigenvalue weighted by atomic mass is 16.7. The van der Waals surface area contributed by atoms with Gasteiger partial charge in [-0.05, 0) is 57.8 Å². The van der Waals surface area contributed by atoms with E-state index in [1.807, 2.05) is 6.08 Å². The zero-order chi connectivity index (χ0) is 61.6. The number of aliphatic hydroxyl groups excluding tert-OH is 5. The molecule has 1 aliphatic heterocycles. The minimum atomic E-state index is -1.57. The van der Waals surface area contributed by atoms with Gasteiger partial charge in [0.05, 0.1) is 32.0 Å². The minimum Gasteiger partial charge on any atom is -0.466 e. The molecule has 11 heteroatoms. The zero-order valence-electron chi connectivity index (χ0n) is 55.8. The molecule has 0 aliphatic carbocycles. The summed E-state index contributed by atoms with van der Waals surface area (Å²) in [5, 5.41) is 54.3. The van der Waals surface area contributed by atoms with Gasteiger partial charge in [-0.15, -0.1) is 0 Å². The lowest BCUT2D eigenvalue weighted by Gasteiger charge is -2.40. The summed E-state index contributed by atoms with van der Waals surface area (Å²) in [7, 11) is 0. The van der Waals surface area contributed by atoms with E-state index in [1.165, 1.54) is 289 Å². The van der Waals surface area contributed by atoms with Gasteiger partial charge < -0.3 is 45.1 Å². The Morgan fingerprint density at radius 3 is 1.13 bits per heavy atom. The van der Waals surface area contributed by atoms with Crippen LogP contribution in [0.25, 0.3) is 0 Å². The number of esters is 1. The Balaban J connectivity index is 1.87. The van der Waals surface area contributed by atoms with Crippen molar-refractivity contribution < 1.29 is 49.3 Å². The molecule has 1 aliphatic rings. The molecule has 0 saturated carbocycles. The molecule has 502 valence electrons. The fourth-order valence-electron chi connectivity index (χ4n) is 12.0. The summed E-state index contributed by atoms with van der Waals surface area (Å²) < 4.78 is 16.7. The van der Waals surface area contributed by atoms with Crippen molar-refractivity contribution in [1.82, 2.24) is 5.32 Å². The highest BCUT2D eigenvalue weighted by Gasteiger charge is 2.44. The number of hydrogen-bond donors (Lipinski definition) is 6. The van der Waals surface area contributed by atoms with Gasteiger partial charge in [-0.2, -0.15) is 0 Å². The monoisotopic (exact) mass is 1200 g/mol. The summed E-state index contributed by atoms with van der Waals surface area (Å²) in [6.45, 7) is 4.35. The smallest absolute Gasteiger partial charge is 0.305 e. The summed E-state index contributed by atoms with van der Waals surface area (Å²) in [4.78, 5) is 25.1. The lowest BCUT2D eigenvalue weighted by atomic mass is 9.99. The van der Waals surface area contributed by atoms with Crippen LogP contribution in [0.15, 0.2) is 24.3 Å². The molecular weight excluding hydrogens is 1060 g/mol. The minimum absolute atomic E-state index is 0.00957. The first kappa shape index (κ1) is 81.2. The third-order valence-electron chi connectivity index (χ3n) is 17.8. The molecule has 0 aromatic heterocycles. The Labute approximate surface area is 524 Å². The molecule has 1 fully saturated rings. The molecule has 0 radical (unpaired) electrons. The second-order valence-electron chi connectivity index (χ2n) is 26.0. The van der Waals surface area contributed by atoms with Crippen LogP contribution in [0.1, 0.15) is 373 Å².